The van der Waals surface area contributed by atoms with Crippen LogP contribution in [0.2, 0.25) is 0 Å². The maximum atomic E-state index is 13.2. The molecule has 1 aliphatic rings. The van der Waals surface area contributed by atoms with Gasteiger partial charge in [-0.1, -0.05) is 0 Å². The van der Waals surface area contributed by atoms with Gasteiger partial charge in [0.25, 0.3) is 0 Å². The highest BCUT2D eigenvalue weighted by Crippen LogP contribution is 2.37. The predicted octanol–water partition coefficient (Wildman–Crippen LogP) is 2.28. The van der Waals surface area contributed by atoms with E-state index < -0.39 is 34.4 Å². The monoisotopic (exact) mass is 219 g/mol. The molecule has 0 spiro atoms. The molecule has 0 atom stereocenters. The molecule has 0 unspecified atom stereocenters. The summed E-state index contributed by atoms with van der Waals surface area (Å²) >= 11 is 0. The summed E-state index contributed by atoms with van der Waals surface area (Å²) in [6, 6.07) is 0.199. The summed E-state index contributed by atoms with van der Waals surface area (Å²) in [6.45, 7) is 0. The van der Waals surface area contributed by atoms with Crippen LogP contribution < -0.4 is 5.73 Å². The van der Waals surface area contributed by atoms with Crippen LogP contribution in [0.15, 0.2) is 6.07 Å². The zero-order valence-electron chi connectivity index (χ0n) is 7.79. The van der Waals surface area contributed by atoms with E-state index in [1.54, 1.807) is 0 Å². The minimum Gasteiger partial charge on any atom is -0.325 e. The first kappa shape index (κ1) is 10.4. The predicted molar refractivity (Wildman–Crippen MR) is 46.1 cm³/mol. The summed E-state index contributed by atoms with van der Waals surface area (Å²) in [5.41, 5.74) is 4.36. The molecule has 1 fully saturated rings. The third-order valence-electron chi connectivity index (χ3n) is 2.62. The van der Waals surface area contributed by atoms with Crippen molar-refractivity contribution >= 4 is 0 Å². The molecule has 2 N–H and O–H groups in total. The Morgan fingerprint density at radius 1 is 1.07 bits per heavy atom. The molecule has 1 aliphatic carbocycles. The molecule has 0 bridgehead atoms. The van der Waals surface area contributed by atoms with Gasteiger partial charge in [0.1, 0.15) is 0 Å². The smallest absolute Gasteiger partial charge is 0.165 e. The molecule has 0 aromatic heterocycles. The van der Waals surface area contributed by atoms with Crippen molar-refractivity contribution in [2.75, 3.05) is 0 Å². The van der Waals surface area contributed by atoms with Crippen LogP contribution in [-0.2, 0) is 6.42 Å². The standard InChI is InChI=1S/C10H9F4N/c11-6-3-7(12)9(14)5(8(6)13)4-10(15)1-2-10/h3H,1-2,4,15H2. The summed E-state index contributed by atoms with van der Waals surface area (Å²) in [5, 5.41) is 0. The molecule has 82 valence electrons. The normalized spacial score (nSPS) is 17.9. The van der Waals surface area contributed by atoms with Gasteiger partial charge in [0.15, 0.2) is 23.3 Å². The van der Waals surface area contributed by atoms with Gasteiger partial charge in [0.05, 0.1) is 0 Å². The molecule has 1 saturated carbocycles. The van der Waals surface area contributed by atoms with Crippen LogP contribution in [0.3, 0.4) is 0 Å². The summed E-state index contributed by atoms with van der Waals surface area (Å²) in [5.74, 6) is -5.45. The summed E-state index contributed by atoms with van der Waals surface area (Å²) < 4.78 is 51.9. The van der Waals surface area contributed by atoms with Gasteiger partial charge in [-0.2, -0.15) is 0 Å². The highest BCUT2D eigenvalue weighted by atomic mass is 19.2. The second-order valence-electron chi connectivity index (χ2n) is 3.99. The Morgan fingerprint density at radius 2 is 1.53 bits per heavy atom. The van der Waals surface area contributed by atoms with E-state index in [0.717, 1.165) is 0 Å². The Balaban J connectivity index is 2.44. The van der Waals surface area contributed by atoms with E-state index in [-0.39, 0.29) is 12.5 Å². The lowest BCUT2D eigenvalue weighted by atomic mass is 10.0. The van der Waals surface area contributed by atoms with Crippen molar-refractivity contribution in [3.63, 3.8) is 0 Å². The Kier molecular flexibility index (Phi) is 2.22. The number of hydrogen-bond acceptors (Lipinski definition) is 1. The maximum Gasteiger partial charge on any atom is 0.165 e. The van der Waals surface area contributed by atoms with Crippen LogP contribution in [-0.4, -0.2) is 5.54 Å². The van der Waals surface area contributed by atoms with E-state index in [9.17, 15) is 17.6 Å². The summed E-state index contributed by atoms with van der Waals surface area (Å²) in [6.07, 6.45) is 1.06. The van der Waals surface area contributed by atoms with E-state index in [0.29, 0.717) is 12.8 Å². The second-order valence-corrected chi connectivity index (χ2v) is 3.99. The minimum atomic E-state index is -1.38. The molecular formula is C10H9F4N. The van der Waals surface area contributed by atoms with E-state index in [2.05, 4.69) is 0 Å². The number of rotatable bonds is 2. The van der Waals surface area contributed by atoms with Gasteiger partial charge in [-0.05, 0) is 19.3 Å². The fraction of sp³-hybridized carbons (Fsp3) is 0.400. The van der Waals surface area contributed by atoms with Crippen LogP contribution in [0.1, 0.15) is 18.4 Å². The van der Waals surface area contributed by atoms with Crippen molar-refractivity contribution in [1.82, 2.24) is 0 Å². The lowest BCUT2D eigenvalue weighted by molar-refractivity contribution is 0.431. The molecule has 2 rings (SSSR count). The summed E-state index contributed by atoms with van der Waals surface area (Å²) in [4.78, 5) is 0. The fourth-order valence-electron chi connectivity index (χ4n) is 1.47. The highest BCUT2D eigenvalue weighted by Gasteiger charge is 2.40. The van der Waals surface area contributed by atoms with Crippen LogP contribution in [0.5, 0.6) is 0 Å². The first-order valence-electron chi connectivity index (χ1n) is 4.54. The largest absolute Gasteiger partial charge is 0.325 e. The molecule has 0 saturated heterocycles. The molecule has 0 amide bonds. The van der Waals surface area contributed by atoms with E-state index in [1.807, 2.05) is 0 Å². The first-order chi connectivity index (χ1) is 6.93. The van der Waals surface area contributed by atoms with Gasteiger partial charge in [-0.15, -0.1) is 0 Å². The molecule has 0 heterocycles. The van der Waals surface area contributed by atoms with E-state index >= 15 is 0 Å². The minimum absolute atomic E-state index is 0.167. The molecule has 0 radical (unpaired) electrons. The average molecular weight is 219 g/mol. The molecule has 1 nitrogen and oxygen atoms in total. The van der Waals surface area contributed by atoms with Gasteiger partial charge in [0.2, 0.25) is 0 Å². The van der Waals surface area contributed by atoms with Gasteiger partial charge in [-0.25, -0.2) is 17.6 Å². The van der Waals surface area contributed by atoms with Gasteiger partial charge < -0.3 is 5.73 Å². The average Bonchev–Trinajstić information content (AvgIpc) is 2.89. The van der Waals surface area contributed by atoms with Crippen molar-refractivity contribution in [1.29, 1.82) is 0 Å². The zero-order valence-corrected chi connectivity index (χ0v) is 7.79. The van der Waals surface area contributed by atoms with Crippen molar-refractivity contribution in [3.8, 4) is 0 Å². The van der Waals surface area contributed by atoms with Gasteiger partial charge >= 0.3 is 0 Å². The first-order valence-corrected chi connectivity index (χ1v) is 4.54. The Hall–Kier alpha value is -1.10. The lowest BCUT2D eigenvalue weighted by Gasteiger charge is -2.11. The van der Waals surface area contributed by atoms with Crippen molar-refractivity contribution in [2.45, 2.75) is 24.8 Å². The topological polar surface area (TPSA) is 26.0 Å². The van der Waals surface area contributed by atoms with E-state index in [4.69, 9.17) is 5.73 Å². The molecule has 0 aliphatic heterocycles. The fourth-order valence-corrected chi connectivity index (χ4v) is 1.47. The third-order valence-corrected chi connectivity index (χ3v) is 2.62. The van der Waals surface area contributed by atoms with Crippen LogP contribution in [0.4, 0.5) is 17.6 Å². The molecular weight excluding hydrogens is 210 g/mol. The third kappa shape index (κ3) is 1.84. The maximum absolute atomic E-state index is 13.2. The van der Waals surface area contributed by atoms with Crippen LogP contribution >= 0.6 is 0 Å². The molecule has 1 aromatic rings. The SMILES string of the molecule is NC1(Cc2c(F)c(F)cc(F)c2F)CC1. The van der Waals surface area contributed by atoms with Crippen molar-refractivity contribution in [2.24, 2.45) is 5.73 Å². The Bertz CT molecular complexity index is 386. The molecule has 1 aromatic carbocycles. The van der Waals surface area contributed by atoms with Gasteiger partial charge in [-0.3, -0.25) is 0 Å². The van der Waals surface area contributed by atoms with E-state index in [1.165, 1.54) is 0 Å². The lowest BCUT2D eigenvalue weighted by Crippen LogP contribution is -2.26. The highest BCUT2D eigenvalue weighted by molar-refractivity contribution is 5.26. The number of benzene rings is 1. The van der Waals surface area contributed by atoms with Crippen LogP contribution in [0.25, 0.3) is 0 Å². The van der Waals surface area contributed by atoms with Crippen LogP contribution in [0, 0.1) is 23.3 Å². The quantitative estimate of drug-likeness (QED) is 0.599. The second kappa shape index (κ2) is 3.20. The molecule has 5 heteroatoms. The summed E-state index contributed by atoms with van der Waals surface area (Å²) in [7, 11) is 0. The zero-order chi connectivity index (χ0) is 11.2. The Morgan fingerprint density at radius 3 is 1.93 bits per heavy atom. The van der Waals surface area contributed by atoms with Gasteiger partial charge in [0, 0.05) is 17.2 Å². The number of halogens is 4. The van der Waals surface area contributed by atoms with Crippen molar-refractivity contribution < 1.29 is 17.6 Å². The molecule has 15 heavy (non-hydrogen) atoms. The van der Waals surface area contributed by atoms with Crippen molar-refractivity contribution in [3.05, 3.63) is 34.9 Å². The number of hydrogen-bond donors (Lipinski definition) is 1. The number of nitrogens with two attached hydrogens (primary N) is 1. The Labute approximate surface area is 83.9 Å².